The SMILES string of the molecule is CNC(C)Cc1noc(-c2cccc([N+](=O)[O-])c2C)n1. The molecule has 0 radical (unpaired) electrons. The van der Waals surface area contributed by atoms with E-state index in [4.69, 9.17) is 4.52 Å². The number of nitro groups is 1. The predicted octanol–water partition coefficient (Wildman–Crippen LogP) is 2.10. The summed E-state index contributed by atoms with van der Waals surface area (Å²) in [5.74, 6) is 0.886. The summed E-state index contributed by atoms with van der Waals surface area (Å²) in [5, 5.41) is 17.9. The van der Waals surface area contributed by atoms with Gasteiger partial charge >= 0.3 is 0 Å². The molecule has 0 aliphatic heterocycles. The molecule has 7 nitrogen and oxygen atoms in total. The van der Waals surface area contributed by atoms with E-state index in [-0.39, 0.29) is 11.7 Å². The highest BCUT2D eigenvalue weighted by atomic mass is 16.6. The summed E-state index contributed by atoms with van der Waals surface area (Å²) in [5.41, 5.74) is 1.16. The molecule has 2 rings (SSSR count). The first-order valence-corrected chi connectivity index (χ1v) is 6.27. The average molecular weight is 276 g/mol. The number of nitrogens with one attached hydrogen (secondary N) is 1. The van der Waals surface area contributed by atoms with Gasteiger partial charge in [0.25, 0.3) is 11.6 Å². The van der Waals surface area contributed by atoms with Gasteiger partial charge in [0.15, 0.2) is 5.82 Å². The molecular weight excluding hydrogens is 260 g/mol. The number of rotatable bonds is 5. The van der Waals surface area contributed by atoms with Crippen LogP contribution in [0.3, 0.4) is 0 Å². The lowest BCUT2D eigenvalue weighted by molar-refractivity contribution is -0.385. The van der Waals surface area contributed by atoms with E-state index in [1.165, 1.54) is 6.07 Å². The first kappa shape index (κ1) is 14.1. The molecule has 0 aliphatic rings. The Labute approximate surface area is 116 Å². The van der Waals surface area contributed by atoms with Crippen LogP contribution in [0, 0.1) is 17.0 Å². The Bertz CT molecular complexity index is 624. The molecule has 1 atom stereocenters. The van der Waals surface area contributed by atoms with Crippen LogP contribution < -0.4 is 5.32 Å². The molecule has 0 amide bonds. The third kappa shape index (κ3) is 2.83. The van der Waals surface area contributed by atoms with E-state index in [9.17, 15) is 10.1 Å². The minimum atomic E-state index is -0.417. The lowest BCUT2D eigenvalue weighted by Gasteiger charge is -2.04. The monoisotopic (exact) mass is 276 g/mol. The molecule has 0 bridgehead atoms. The molecule has 0 aliphatic carbocycles. The van der Waals surface area contributed by atoms with Crippen molar-refractivity contribution in [3.8, 4) is 11.5 Å². The Morgan fingerprint density at radius 3 is 2.90 bits per heavy atom. The topological polar surface area (TPSA) is 94.1 Å². The second-order valence-corrected chi connectivity index (χ2v) is 4.62. The fourth-order valence-electron chi connectivity index (χ4n) is 1.88. The Morgan fingerprint density at radius 2 is 2.25 bits per heavy atom. The molecule has 106 valence electrons. The summed E-state index contributed by atoms with van der Waals surface area (Å²) < 4.78 is 5.20. The molecule has 1 aromatic carbocycles. The predicted molar refractivity (Wildman–Crippen MR) is 73.4 cm³/mol. The number of nitrogens with zero attached hydrogens (tertiary/aromatic N) is 3. The van der Waals surface area contributed by atoms with Gasteiger partial charge in [-0.3, -0.25) is 10.1 Å². The molecule has 0 fully saturated rings. The van der Waals surface area contributed by atoms with Crippen molar-refractivity contribution in [2.45, 2.75) is 26.3 Å². The summed E-state index contributed by atoms with van der Waals surface area (Å²) in [4.78, 5) is 14.8. The zero-order chi connectivity index (χ0) is 14.7. The smallest absolute Gasteiger partial charge is 0.273 e. The van der Waals surface area contributed by atoms with Crippen LogP contribution in [-0.4, -0.2) is 28.2 Å². The van der Waals surface area contributed by atoms with Crippen molar-refractivity contribution in [2.24, 2.45) is 0 Å². The Kier molecular flexibility index (Phi) is 4.09. The van der Waals surface area contributed by atoms with E-state index < -0.39 is 4.92 Å². The van der Waals surface area contributed by atoms with E-state index in [1.54, 1.807) is 19.1 Å². The van der Waals surface area contributed by atoms with Crippen LogP contribution in [0.2, 0.25) is 0 Å². The van der Waals surface area contributed by atoms with Crippen LogP contribution in [-0.2, 0) is 6.42 Å². The van der Waals surface area contributed by atoms with Crippen molar-refractivity contribution < 1.29 is 9.45 Å². The van der Waals surface area contributed by atoms with Gasteiger partial charge in [0.1, 0.15) is 0 Å². The van der Waals surface area contributed by atoms with Gasteiger partial charge in [0.05, 0.1) is 4.92 Å². The quantitative estimate of drug-likeness (QED) is 0.664. The highest BCUT2D eigenvalue weighted by Gasteiger charge is 2.18. The van der Waals surface area contributed by atoms with Gasteiger partial charge in [-0.1, -0.05) is 11.2 Å². The number of hydrogen-bond acceptors (Lipinski definition) is 6. The molecular formula is C13H16N4O3. The standard InChI is InChI=1S/C13H16N4O3/c1-8(14-3)7-12-15-13(20-16-12)10-5-4-6-11(9(10)2)17(18)19/h4-6,8,14H,7H2,1-3H3. The maximum Gasteiger partial charge on any atom is 0.273 e. The zero-order valence-electron chi connectivity index (χ0n) is 11.6. The summed E-state index contributed by atoms with van der Waals surface area (Å²) >= 11 is 0. The van der Waals surface area contributed by atoms with Gasteiger partial charge in [0.2, 0.25) is 0 Å². The van der Waals surface area contributed by atoms with Gasteiger partial charge in [-0.05, 0) is 27.0 Å². The highest BCUT2D eigenvalue weighted by Crippen LogP contribution is 2.28. The van der Waals surface area contributed by atoms with Crippen LogP contribution in [0.1, 0.15) is 18.3 Å². The Morgan fingerprint density at radius 1 is 1.50 bits per heavy atom. The van der Waals surface area contributed by atoms with Gasteiger partial charge in [-0.2, -0.15) is 4.98 Å². The zero-order valence-corrected chi connectivity index (χ0v) is 11.6. The summed E-state index contributed by atoms with van der Waals surface area (Å²) in [7, 11) is 1.86. The van der Waals surface area contributed by atoms with Gasteiger partial charge in [-0.15, -0.1) is 0 Å². The summed E-state index contributed by atoms with van der Waals surface area (Å²) in [6, 6.07) is 5.03. The Hall–Kier alpha value is -2.28. The molecule has 0 saturated carbocycles. The van der Waals surface area contributed by atoms with Crippen LogP contribution in [0.5, 0.6) is 0 Å². The molecule has 1 N–H and O–H groups in total. The number of aromatic nitrogens is 2. The molecule has 0 spiro atoms. The van der Waals surface area contributed by atoms with Crippen LogP contribution in [0.4, 0.5) is 5.69 Å². The number of nitro benzene ring substituents is 1. The summed E-state index contributed by atoms with van der Waals surface area (Å²) in [6.07, 6.45) is 0.633. The minimum absolute atomic E-state index is 0.0471. The first-order chi connectivity index (χ1) is 9.52. The molecule has 2 aromatic rings. The number of hydrogen-bond donors (Lipinski definition) is 1. The normalized spacial score (nSPS) is 12.3. The third-order valence-corrected chi connectivity index (χ3v) is 3.18. The van der Waals surface area contributed by atoms with Crippen LogP contribution >= 0.6 is 0 Å². The van der Waals surface area contributed by atoms with Gasteiger partial charge in [-0.25, -0.2) is 0 Å². The van der Waals surface area contributed by atoms with E-state index in [2.05, 4.69) is 15.5 Å². The van der Waals surface area contributed by atoms with Crippen LogP contribution in [0.25, 0.3) is 11.5 Å². The van der Waals surface area contributed by atoms with Crippen molar-refractivity contribution in [1.29, 1.82) is 0 Å². The second-order valence-electron chi connectivity index (χ2n) is 4.62. The second kappa shape index (κ2) is 5.79. The van der Waals surface area contributed by atoms with E-state index in [0.29, 0.717) is 29.3 Å². The van der Waals surface area contributed by atoms with E-state index in [1.807, 2.05) is 14.0 Å². The lowest BCUT2D eigenvalue weighted by Crippen LogP contribution is -2.24. The largest absolute Gasteiger partial charge is 0.334 e. The Balaban J connectivity index is 2.33. The van der Waals surface area contributed by atoms with Gasteiger partial charge < -0.3 is 9.84 Å². The first-order valence-electron chi connectivity index (χ1n) is 6.27. The molecule has 7 heteroatoms. The minimum Gasteiger partial charge on any atom is -0.334 e. The number of likely N-dealkylation sites (N-methyl/N-ethyl adjacent to an activating group) is 1. The molecule has 1 heterocycles. The number of benzene rings is 1. The van der Waals surface area contributed by atoms with Crippen molar-refractivity contribution >= 4 is 5.69 Å². The van der Waals surface area contributed by atoms with Crippen molar-refractivity contribution in [3.05, 3.63) is 39.7 Å². The van der Waals surface area contributed by atoms with E-state index in [0.717, 1.165) is 0 Å². The van der Waals surface area contributed by atoms with Crippen molar-refractivity contribution in [1.82, 2.24) is 15.5 Å². The average Bonchev–Trinajstić information content (AvgIpc) is 2.86. The van der Waals surface area contributed by atoms with Crippen LogP contribution in [0.15, 0.2) is 22.7 Å². The van der Waals surface area contributed by atoms with Gasteiger partial charge in [0, 0.05) is 29.7 Å². The van der Waals surface area contributed by atoms with Crippen molar-refractivity contribution in [2.75, 3.05) is 7.05 Å². The summed E-state index contributed by atoms with van der Waals surface area (Å²) in [6.45, 7) is 3.68. The molecule has 1 unspecified atom stereocenters. The lowest BCUT2D eigenvalue weighted by atomic mass is 10.1. The third-order valence-electron chi connectivity index (χ3n) is 3.18. The maximum atomic E-state index is 10.9. The maximum absolute atomic E-state index is 10.9. The fourth-order valence-corrected chi connectivity index (χ4v) is 1.88. The van der Waals surface area contributed by atoms with Crippen molar-refractivity contribution in [3.63, 3.8) is 0 Å². The molecule has 0 saturated heterocycles. The fraction of sp³-hybridized carbons (Fsp3) is 0.385. The van der Waals surface area contributed by atoms with E-state index >= 15 is 0 Å². The molecule has 20 heavy (non-hydrogen) atoms. The highest BCUT2D eigenvalue weighted by molar-refractivity contribution is 5.64. The molecule has 1 aromatic heterocycles.